The Labute approximate surface area is 127 Å². The summed E-state index contributed by atoms with van der Waals surface area (Å²) < 4.78 is 5.76. The molecule has 0 radical (unpaired) electrons. The average molecular weight is 305 g/mol. The Bertz CT molecular complexity index is 594. The van der Waals surface area contributed by atoms with Crippen LogP contribution < -0.4 is 4.90 Å². The van der Waals surface area contributed by atoms with Crippen molar-refractivity contribution in [3.8, 4) is 0 Å². The molecule has 1 atom stereocenters. The summed E-state index contributed by atoms with van der Waals surface area (Å²) in [6, 6.07) is 0.454. The molecule has 1 saturated heterocycles. The number of hydrogen-bond acceptors (Lipinski definition) is 7. The molecule has 1 saturated carbocycles. The number of thiazole rings is 1. The van der Waals surface area contributed by atoms with E-state index in [4.69, 9.17) is 4.42 Å². The standard InChI is InChI=1S/C14H19N5OS/c1-10-8-18(5-6-19(10)14-15-4-7-21-14)9-12-16-17-13(20-12)11-2-3-11/h4,7,10-11H,2-3,5-6,8-9H2,1H3/t10-/m0/s1. The van der Waals surface area contributed by atoms with Gasteiger partial charge < -0.3 is 9.32 Å². The van der Waals surface area contributed by atoms with Crippen LogP contribution in [0.4, 0.5) is 5.13 Å². The SMILES string of the molecule is C[C@H]1CN(Cc2nnc(C3CC3)o2)CCN1c1nccs1. The fraction of sp³-hybridized carbons (Fsp3) is 0.643. The van der Waals surface area contributed by atoms with Crippen molar-refractivity contribution < 1.29 is 4.42 Å². The summed E-state index contributed by atoms with van der Waals surface area (Å²) in [5, 5.41) is 11.5. The van der Waals surface area contributed by atoms with E-state index in [2.05, 4.69) is 31.9 Å². The van der Waals surface area contributed by atoms with Gasteiger partial charge in [0.25, 0.3) is 0 Å². The van der Waals surface area contributed by atoms with Crippen molar-refractivity contribution in [1.82, 2.24) is 20.1 Å². The molecule has 1 aliphatic heterocycles. The number of hydrogen-bond donors (Lipinski definition) is 0. The second-order valence-corrected chi connectivity index (χ2v) is 6.77. The molecule has 2 aromatic heterocycles. The quantitative estimate of drug-likeness (QED) is 0.862. The second kappa shape index (κ2) is 5.38. The van der Waals surface area contributed by atoms with Crippen LogP contribution in [-0.2, 0) is 6.54 Å². The first-order chi connectivity index (χ1) is 10.3. The van der Waals surface area contributed by atoms with Gasteiger partial charge in [0, 0.05) is 43.2 Å². The highest BCUT2D eigenvalue weighted by Crippen LogP contribution is 2.39. The van der Waals surface area contributed by atoms with E-state index in [1.807, 2.05) is 11.6 Å². The average Bonchev–Trinajstić information content (AvgIpc) is 2.99. The van der Waals surface area contributed by atoms with Gasteiger partial charge in [-0.15, -0.1) is 21.5 Å². The molecule has 0 N–H and O–H groups in total. The van der Waals surface area contributed by atoms with Crippen molar-refractivity contribution in [2.75, 3.05) is 24.5 Å². The maximum absolute atomic E-state index is 5.76. The van der Waals surface area contributed by atoms with Gasteiger partial charge in [-0.05, 0) is 19.8 Å². The molecule has 2 aliphatic rings. The van der Waals surface area contributed by atoms with Crippen LogP contribution in [0.1, 0.15) is 37.5 Å². The molecule has 0 unspecified atom stereocenters. The fourth-order valence-corrected chi connectivity index (χ4v) is 3.61. The van der Waals surface area contributed by atoms with Crippen molar-refractivity contribution in [3.05, 3.63) is 23.4 Å². The molecular weight excluding hydrogens is 286 g/mol. The molecule has 1 aliphatic carbocycles. The van der Waals surface area contributed by atoms with Gasteiger partial charge in [-0.2, -0.15) is 0 Å². The number of rotatable bonds is 4. The minimum absolute atomic E-state index is 0.454. The molecule has 6 nitrogen and oxygen atoms in total. The molecule has 0 spiro atoms. The van der Waals surface area contributed by atoms with Crippen LogP contribution >= 0.6 is 11.3 Å². The zero-order chi connectivity index (χ0) is 14.2. The number of nitrogens with zero attached hydrogens (tertiary/aromatic N) is 5. The third-order valence-corrected chi connectivity index (χ3v) is 4.95. The number of aromatic nitrogens is 3. The normalized spacial score (nSPS) is 23.7. The van der Waals surface area contributed by atoms with Crippen LogP contribution in [-0.4, -0.2) is 45.8 Å². The van der Waals surface area contributed by atoms with Gasteiger partial charge in [0.2, 0.25) is 11.8 Å². The zero-order valence-electron chi connectivity index (χ0n) is 12.1. The Balaban J connectivity index is 1.37. The first kappa shape index (κ1) is 13.2. The zero-order valence-corrected chi connectivity index (χ0v) is 12.9. The maximum atomic E-state index is 5.76. The van der Waals surface area contributed by atoms with Gasteiger partial charge in [0.15, 0.2) is 5.13 Å². The molecule has 2 aromatic rings. The van der Waals surface area contributed by atoms with Crippen molar-refractivity contribution in [1.29, 1.82) is 0 Å². The third kappa shape index (κ3) is 2.80. The van der Waals surface area contributed by atoms with Crippen molar-refractivity contribution >= 4 is 16.5 Å². The second-order valence-electron chi connectivity index (χ2n) is 5.90. The Morgan fingerprint density at radius 2 is 2.24 bits per heavy atom. The lowest BCUT2D eigenvalue weighted by atomic mass is 10.2. The van der Waals surface area contributed by atoms with Gasteiger partial charge >= 0.3 is 0 Å². The Kier molecular flexibility index (Phi) is 3.39. The van der Waals surface area contributed by atoms with E-state index in [9.17, 15) is 0 Å². The number of anilines is 1. The molecule has 112 valence electrons. The van der Waals surface area contributed by atoms with E-state index in [1.54, 1.807) is 11.3 Å². The van der Waals surface area contributed by atoms with Crippen LogP contribution in [0.15, 0.2) is 16.0 Å². The van der Waals surface area contributed by atoms with Crippen molar-refractivity contribution in [2.45, 2.75) is 38.3 Å². The molecule has 0 bridgehead atoms. The Hall–Kier alpha value is -1.47. The predicted octanol–water partition coefficient (Wildman–Crippen LogP) is 2.11. The molecule has 4 rings (SSSR count). The van der Waals surface area contributed by atoms with Crippen LogP contribution in [0.2, 0.25) is 0 Å². The van der Waals surface area contributed by atoms with Crippen LogP contribution in [0, 0.1) is 0 Å². The molecule has 0 amide bonds. The summed E-state index contributed by atoms with van der Waals surface area (Å²) in [6.07, 6.45) is 4.27. The lowest BCUT2D eigenvalue weighted by Crippen LogP contribution is -2.51. The summed E-state index contributed by atoms with van der Waals surface area (Å²) in [7, 11) is 0. The van der Waals surface area contributed by atoms with E-state index in [1.165, 1.54) is 12.8 Å². The third-order valence-electron chi connectivity index (χ3n) is 4.14. The maximum Gasteiger partial charge on any atom is 0.230 e. The van der Waals surface area contributed by atoms with E-state index < -0.39 is 0 Å². The highest BCUT2D eigenvalue weighted by atomic mass is 32.1. The summed E-state index contributed by atoms with van der Waals surface area (Å²) >= 11 is 1.71. The van der Waals surface area contributed by atoms with Crippen molar-refractivity contribution in [3.63, 3.8) is 0 Å². The molecule has 2 fully saturated rings. The minimum Gasteiger partial charge on any atom is -0.424 e. The summed E-state index contributed by atoms with van der Waals surface area (Å²) in [5.41, 5.74) is 0. The molecular formula is C14H19N5OS. The smallest absolute Gasteiger partial charge is 0.230 e. The Morgan fingerprint density at radius 1 is 1.33 bits per heavy atom. The molecule has 3 heterocycles. The van der Waals surface area contributed by atoms with E-state index >= 15 is 0 Å². The highest BCUT2D eigenvalue weighted by Gasteiger charge is 2.30. The fourth-order valence-electron chi connectivity index (χ4n) is 2.84. The number of piperazine rings is 1. The summed E-state index contributed by atoms with van der Waals surface area (Å²) in [6.45, 7) is 6.01. The van der Waals surface area contributed by atoms with Crippen LogP contribution in [0.5, 0.6) is 0 Å². The summed E-state index contributed by atoms with van der Waals surface area (Å²) in [4.78, 5) is 9.18. The van der Waals surface area contributed by atoms with Gasteiger partial charge in [0.1, 0.15) is 0 Å². The summed E-state index contributed by atoms with van der Waals surface area (Å²) in [5.74, 6) is 2.12. The largest absolute Gasteiger partial charge is 0.424 e. The van der Waals surface area contributed by atoms with E-state index in [0.717, 1.165) is 43.1 Å². The monoisotopic (exact) mass is 305 g/mol. The van der Waals surface area contributed by atoms with E-state index in [0.29, 0.717) is 12.0 Å². The lowest BCUT2D eigenvalue weighted by molar-refractivity contribution is 0.200. The van der Waals surface area contributed by atoms with Crippen LogP contribution in [0.3, 0.4) is 0 Å². The lowest BCUT2D eigenvalue weighted by Gasteiger charge is -2.39. The van der Waals surface area contributed by atoms with Crippen molar-refractivity contribution in [2.24, 2.45) is 0 Å². The predicted molar refractivity (Wildman–Crippen MR) is 80.5 cm³/mol. The van der Waals surface area contributed by atoms with Gasteiger partial charge in [0.05, 0.1) is 6.54 Å². The molecule has 21 heavy (non-hydrogen) atoms. The van der Waals surface area contributed by atoms with Gasteiger partial charge in [-0.3, -0.25) is 4.90 Å². The topological polar surface area (TPSA) is 58.3 Å². The van der Waals surface area contributed by atoms with Crippen LogP contribution in [0.25, 0.3) is 0 Å². The van der Waals surface area contributed by atoms with Gasteiger partial charge in [-0.1, -0.05) is 0 Å². The van der Waals surface area contributed by atoms with Gasteiger partial charge in [-0.25, -0.2) is 4.98 Å². The highest BCUT2D eigenvalue weighted by molar-refractivity contribution is 7.13. The molecule has 0 aromatic carbocycles. The minimum atomic E-state index is 0.454. The Morgan fingerprint density at radius 3 is 2.95 bits per heavy atom. The molecule has 7 heteroatoms. The first-order valence-electron chi connectivity index (χ1n) is 7.50. The first-order valence-corrected chi connectivity index (χ1v) is 8.38. The van der Waals surface area contributed by atoms with E-state index in [-0.39, 0.29) is 0 Å².